The van der Waals surface area contributed by atoms with Gasteiger partial charge < -0.3 is 21.5 Å². The van der Waals surface area contributed by atoms with Crippen molar-refractivity contribution in [1.82, 2.24) is 10.6 Å². The number of carboxylic acids is 1. The molecule has 1 unspecified atom stereocenters. The zero-order valence-electron chi connectivity index (χ0n) is 10.1. The number of piperidine rings is 1. The van der Waals surface area contributed by atoms with Crippen LogP contribution < -0.4 is 16.4 Å². The molecule has 0 radical (unpaired) electrons. The maximum absolute atomic E-state index is 11.8. The quantitative estimate of drug-likeness (QED) is 0.484. The Labute approximate surface area is 105 Å². The summed E-state index contributed by atoms with van der Waals surface area (Å²) in [6, 6.07) is -1.40. The van der Waals surface area contributed by atoms with Gasteiger partial charge in [-0.2, -0.15) is 0 Å². The van der Waals surface area contributed by atoms with Crippen LogP contribution in [-0.2, 0) is 14.4 Å². The van der Waals surface area contributed by atoms with Crippen molar-refractivity contribution in [3.8, 4) is 0 Å². The normalized spacial score (nSPS) is 21.0. The molecule has 0 bridgehead atoms. The van der Waals surface area contributed by atoms with Gasteiger partial charge in [-0.15, -0.1) is 0 Å². The predicted octanol–water partition coefficient (Wildman–Crippen LogP) is -1.04. The fraction of sp³-hybridized carbons (Fsp3) is 0.727. The number of amides is 2. The summed E-state index contributed by atoms with van der Waals surface area (Å²) >= 11 is 0. The fourth-order valence-electron chi connectivity index (χ4n) is 1.89. The highest BCUT2D eigenvalue weighted by Crippen LogP contribution is 2.08. The molecule has 1 heterocycles. The van der Waals surface area contributed by atoms with Crippen LogP contribution in [0.1, 0.15) is 32.1 Å². The van der Waals surface area contributed by atoms with Crippen LogP contribution in [0.3, 0.4) is 0 Å². The van der Waals surface area contributed by atoms with Crippen molar-refractivity contribution < 1.29 is 19.5 Å². The van der Waals surface area contributed by atoms with E-state index in [-0.39, 0.29) is 24.8 Å². The molecule has 5 N–H and O–H groups in total. The van der Waals surface area contributed by atoms with Gasteiger partial charge in [-0.1, -0.05) is 6.42 Å². The van der Waals surface area contributed by atoms with Crippen molar-refractivity contribution in [2.75, 3.05) is 6.54 Å². The molecule has 0 aliphatic carbocycles. The topological polar surface area (TPSA) is 122 Å². The zero-order chi connectivity index (χ0) is 13.5. The monoisotopic (exact) mass is 257 g/mol. The van der Waals surface area contributed by atoms with E-state index in [1.54, 1.807) is 0 Å². The summed E-state index contributed by atoms with van der Waals surface area (Å²) in [5.74, 6) is -2.06. The average molecular weight is 257 g/mol. The first-order valence-corrected chi connectivity index (χ1v) is 6.05. The summed E-state index contributed by atoms with van der Waals surface area (Å²) in [7, 11) is 0. The fourth-order valence-corrected chi connectivity index (χ4v) is 1.89. The Bertz CT molecular complexity index is 326. The van der Waals surface area contributed by atoms with Crippen molar-refractivity contribution in [3.05, 3.63) is 0 Å². The molecule has 0 spiro atoms. The number of nitrogens with one attached hydrogen (secondary N) is 2. The molecular weight excluding hydrogens is 238 g/mol. The van der Waals surface area contributed by atoms with Crippen LogP contribution in [-0.4, -0.2) is 41.5 Å². The van der Waals surface area contributed by atoms with Gasteiger partial charge >= 0.3 is 5.97 Å². The highest BCUT2D eigenvalue weighted by molar-refractivity contribution is 5.87. The van der Waals surface area contributed by atoms with E-state index in [1.165, 1.54) is 0 Å². The minimum Gasteiger partial charge on any atom is -0.480 e. The maximum Gasteiger partial charge on any atom is 0.326 e. The van der Waals surface area contributed by atoms with Crippen LogP contribution in [0.5, 0.6) is 0 Å². The van der Waals surface area contributed by atoms with Gasteiger partial charge in [0.25, 0.3) is 0 Å². The van der Waals surface area contributed by atoms with Gasteiger partial charge in [-0.3, -0.25) is 9.59 Å². The van der Waals surface area contributed by atoms with E-state index in [2.05, 4.69) is 10.6 Å². The van der Waals surface area contributed by atoms with Gasteiger partial charge in [-0.05, 0) is 25.8 Å². The van der Waals surface area contributed by atoms with Crippen LogP contribution in [0.15, 0.2) is 0 Å². The molecule has 1 saturated heterocycles. The molecule has 102 valence electrons. The number of carboxylic acid groups (broad SMARTS) is 1. The molecule has 0 aromatic carbocycles. The first kappa shape index (κ1) is 14.4. The molecule has 18 heavy (non-hydrogen) atoms. The van der Waals surface area contributed by atoms with Crippen molar-refractivity contribution in [2.24, 2.45) is 5.73 Å². The minimum absolute atomic E-state index is 0.0170. The molecular formula is C11H19N3O4. The number of aliphatic carboxylic acids is 1. The van der Waals surface area contributed by atoms with E-state index in [9.17, 15) is 14.4 Å². The van der Waals surface area contributed by atoms with Crippen molar-refractivity contribution >= 4 is 17.8 Å². The van der Waals surface area contributed by atoms with Crippen molar-refractivity contribution in [1.29, 1.82) is 0 Å². The van der Waals surface area contributed by atoms with E-state index < -0.39 is 17.9 Å². The molecule has 1 aliphatic heterocycles. The number of carbonyl (C=O) groups excluding carboxylic acids is 2. The molecule has 2 atom stereocenters. The van der Waals surface area contributed by atoms with Gasteiger partial charge in [0, 0.05) is 6.42 Å². The molecule has 7 heteroatoms. The summed E-state index contributed by atoms with van der Waals surface area (Å²) in [5, 5.41) is 14.4. The van der Waals surface area contributed by atoms with E-state index in [0.717, 1.165) is 19.4 Å². The molecule has 2 amide bonds. The Kier molecular flexibility index (Phi) is 5.57. The second kappa shape index (κ2) is 6.95. The van der Waals surface area contributed by atoms with Crippen LogP contribution >= 0.6 is 0 Å². The zero-order valence-corrected chi connectivity index (χ0v) is 10.1. The third-order valence-electron chi connectivity index (χ3n) is 2.92. The number of hydrogen-bond donors (Lipinski definition) is 4. The molecule has 0 aromatic rings. The van der Waals surface area contributed by atoms with Gasteiger partial charge in [0.1, 0.15) is 6.04 Å². The highest BCUT2D eigenvalue weighted by Gasteiger charge is 2.26. The predicted molar refractivity (Wildman–Crippen MR) is 63.6 cm³/mol. The average Bonchev–Trinajstić information content (AvgIpc) is 2.34. The standard InChI is InChI=1S/C11H19N3O4/c12-9(15)5-4-8(11(17)18)14-10(16)7-3-1-2-6-13-7/h7-8,13H,1-6H2,(H2,12,15)(H,14,16)(H,17,18)/t7?,8-/m1/s1. The van der Waals surface area contributed by atoms with Crippen molar-refractivity contribution in [3.63, 3.8) is 0 Å². The molecule has 7 nitrogen and oxygen atoms in total. The first-order valence-electron chi connectivity index (χ1n) is 6.05. The smallest absolute Gasteiger partial charge is 0.326 e. The summed E-state index contributed by atoms with van der Waals surface area (Å²) in [4.78, 5) is 33.4. The maximum atomic E-state index is 11.8. The van der Waals surface area contributed by atoms with E-state index in [4.69, 9.17) is 10.8 Å². The highest BCUT2D eigenvalue weighted by atomic mass is 16.4. The second-order valence-electron chi connectivity index (χ2n) is 4.41. The molecule has 0 aromatic heterocycles. The number of primary amides is 1. The van der Waals surface area contributed by atoms with Gasteiger partial charge in [0.2, 0.25) is 11.8 Å². The Balaban J connectivity index is 2.46. The molecule has 0 saturated carbocycles. The lowest BCUT2D eigenvalue weighted by Crippen LogP contribution is -2.51. The summed E-state index contributed by atoms with van der Waals surface area (Å²) in [5.41, 5.74) is 4.96. The largest absolute Gasteiger partial charge is 0.480 e. The van der Waals surface area contributed by atoms with E-state index in [0.29, 0.717) is 6.42 Å². The Morgan fingerprint density at radius 2 is 2.11 bits per heavy atom. The number of hydrogen-bond acceptors (Lipinski definition) is 4. The van der Waals surface area contributed by atoms with Gasteiger partial charge in [0.05, 0.1) is 6.04 Å². The SMILES string of the molecule is NC(=O)CC[C@@H](NC(=O)C1CCCCN1)C(=O)O. The molecule has 1 rings (SSSR count). The van der Waals surface area contributed by atoms with Gasteiger partial charge in [0.15, 0.2) is 0 Å². The number of nitrogens with two attached hydrogens (primary N) is 1. The van der Waals surface area contributed by atoms with Gasteiger partial charge in [-0.25, -0.2) is 4.79 Å². The number of rotatable bonds is 6. The van der Waals surface area contributed by atoms with Crippen LogP contribution in [0.4, 0.5) is 0 Å². The number of carbonyl (C=O) groups is 3. The lowest BCUT2D eigenvalue weighted by molar-refractivity contribution is -0.142. The summed E-state index contributed by atoms with van der Waals surface area (Å²) in [6.07, 6.45) is 2.63. The van der Waals surface area contributed by atoms with E-state index in [1.807, 2.05) is 0 Å². The lowest BCUT2D eigenvalue weighted by Gasteiger charge is -2.24. The Hall–Kier alpha value is -1.63. The van der Waals surface area contributed by atoms with Crippen LogP contribution in [0, 0.1) is 0 Å². The summed E-state index contributed by atoms with van der Waals surface area (Å²) in [6.45, 7) is 0.761. The lowest BCUT2D eigenvalue weighted by atomic mass is 10.0. The van der Waals surface area contributed by atoms with Crippen LogP contribution in [0.25, 0.3) is 0 Å². The molecule has 1 fully saturated rings. The second-order valence-corrected chi connectivity index (χ2v) is 4.41. The van der Waals surface area contributed by atoms with Crippen molar-refractivity contribution in [2.45, 2.75) is 44.2 Å². The third-order valence-corrected chi connectivity index (χ3v) is 2.92. The molecule has 1 aliphatic rings. The Morgan fingerprint density at radius 3 is 2.61 bits per heavy atom. The first-order chi connectivity index (χ1) is 8.50. The van der Waals surface area contributed by atoms with E-state index >= 15 is 0 Å². The van der Waals surface area contributed by atoms with Crippen LogP contribution in [0.2, 0.25) is 0 Å². The summed E-state index contributed by atoms with van der Waals surface area (Å²) < 4.78 is 0. The third kappa shape index (κ3) is 4.70. The Morgan fingerprint density at radius 1 is 1.39 bits per heavy atom. The minimum atomic E-state index is -1.15.